The maximum Gasteiger partial charge on any atom is 0.147 e. The molecule has 0 fully saturated rings. The molecule has 17 heavy (non-hydrogen) atoms. The molecule has 0 amide bonds. The highest BCUT2D eigenvalue weighted by Crippen LogP contribution is 2.19. The van der Waals surface area contributed by atoms with Gasteiger partial charge in [-0.3, -0.25) is 11.3 Å². The maximum atomic E-state index is 11.1. The van der Waals surface area contributed by atoms with Crippen molar-refractivity contribution in [2.45, 2.75) is 26.3 Å². The smallest absolute Gasteiger partial charge is 0.147 e. The van der Waals surface area contributed by atoms with Crippen LogP contribution in [0.2, 0.25) is 0 Å². The summed E-state index contributed by atoms with van der Waals surface area (Å²) in [5.74, 6) is 5.55. The Morgan fingerprint density at radius 1 is 1.41 bits per heavy atom. The molecule has 1 rings (SSSR count). The molecule has 1 heterocycles. The van der Waals surface area contributed by atoms with Crippen LogP contribution < -0.4 is 11.3 Å². The summed E-state index contributed by atoms with van der Waals surface area (Å²) in [7, 11) is -2.99. The first kappa shape index (κ1) is 14.0. The van der Waals surface area contributed by atoms with Gasteiger partial charge in [0, 0.05) is 12.3 Å². The molecular formula is C10H18N4O2S. The summed E-state index contributed by atoms with van der Waals surface area (Å²) in [4.78, 5) is 0. The molecule has 0 aliphatic carbocycles. The average molecular weight is 258 g/mol. The topological polar surface area (TPSA) is 98.0 Å². The van der Waals surface area contributed by atoms with E-state index >= 15 is 0 Å². The van der Waals surface area contributed by atoms with Crippen LogP contribution in [0.25, 0.3) is 0 Å². The van der Waals surface area contributed by atoms with Crippen molar-refractivity contribution in [2.24, 2.45) is 5.84 Å². The normalized spacial score (nSPS) is 13.6. The SMILES string of the molecule is Cc1cc(C(CCS(C)(=O)=O)NN)c(C)nn1. The van der Waals surface area contributed by atoms with Crippen LogP contribution in [0, 0.1) is 13.8 Å². The number of aromatic nitrogens is 2. The van der Waals surface area contributed by atoms with Crippen LogP contribution in [0.5, 0.6) is 0 Å². The molecule has 1 aromatic heterocycles. The minimum Gasteiger partial charge on any atom is -0.271 e. The van der Waals surface area contributed by atoms with E-state index in [1.165, 1.54) is 6.26 Å². The van der Waals surface area contributed by atoms with Crippen molar-refractivity contribution in [2.75, 3.05) is 12.0 Å². The van der Waals surface area contributed by atoms with E-state index in [9.17, 15) is 8.42 Å². The Morgan fingerprint density at radius 3 is 2.59 bits per heavy atom. The van der Waals surface area contributed by atoms with E-state index in [4.69, 9.17) is 5.84 Å². The summed E-state index contributed by atoms with van der Waals surface area (Å²) in [6, 6.07) is 1.65. The summed E-state index contributed by atoms with van der Waals surface area (Å²) in [6.45, 7) is 3.66. The summed E-state index contributed by atoms with van der Waals surface area (Å²) >= 11 is 0. The van der Waals surface area contributed by atoms with Crippen LogP contribution in [-0.4, -0.2) is 30.6 Å². The third kappa shape index (κ3) is 4.37. The average Bonchev–Trinajstić information content (AvgIpc) is 2.22. The van der Waals surface area contributed by atoms with Gasteiger partial charge in [0.05, 0.1) is 17.1 Å². The summed E-state index contributed by atoms with van der Waals surface area (Å²) in [5, 5.41) is 7.93. The monoisotopic (exact) mass is 258 g/mol. The number of aryl methyl sites for hydroxylation is 2. The minimum atomic E-state index is -2.99. The van der Waals surface area contributed by atoms with Crippen molar-refractivity contribution in [3.05, 3.63) is 23.0 Å². The van der Waals surface area contributed by atoms with Gasteiger partial charge in [-0.05, 0) is 31.9 Å². The molecular weight excluding hydrogens is 240 g/mol. The Hall–Kier alpha value is -1.05. The zero-order chi connectivity index (χ0) is 13.1. The van der Waals surface area contributed by atoms with Gasteiger partial charge < -0.3 is 0 Å². The second-order valence-electron chi connectivity index (χ2n) is 4.16. The van der Waals surface area contributed by atoms with Gasteiger partial charge >= 0.3 is 0 Å². The van der Waals surface area contributed by atoms with Crippen LogP contribution in [-0.2, 0) is 9.84 Å². The number of nitrogens with one attached hydrogen (secondary N) is 1. The fourth-order valence-corrected chi connectivity index (χ4v) is 2.25. The van der Waals surface area contributed by atoms with Gasteiger partial charge in [0.2, 0.25) is 0 Å². The molecule has 3 N–H and O–H groups in total. The Balaban J connectivity index is 2.90. The number of hydrogen-bond donors (Lipinski definition) is 2. The molecule has 1 aromatic rings. The van der Waals surface area contributed by atoms with E-state index in [0.29, 0.717) is 6.42 Å². The van der Waals surface area contributed by atoms with Crippen molar-refractivity contribution < 1.29 is 8.42 Å². The second kappa shape index (κ2) is 5.52. The first-order valence-corrected chi connectivity index (χ1v) is 7.34. The fourth-order valence-electron chi connectivity index (χ4n) is 1.58. The lowest BCUT2D eigenvalue weighted by molar-refractivity contribution is 0.525. The lowest BCUT2D eigenvalue weighted by Gasteiger charge is -2.17. The minimum absolute atomic E-state index is 0.0860. The Bertz CT molecular complexity index is 487. The molecule has 96 valence electrons. The standard InChI is InChI=1S/C10H18N4O2S/c1-7-6-9(8(2)14-13-7)10(12-11)4-5-17(3,15)16/h6,10,12H,4-5,11H2,1-3H3. The van der Waals surface area contributed by atoms with Crippen LogP contribution >= 0.6 is 0 Å². The van der Waals surface area contributed by atoms with Gasteiger partial charge in [0.1, 0.15) is 9.84 Å². The van der Waals surface area contributed by atoms with Crippen LogP contribution in [0.4, 0.5) is 0 Å². The first-order valence-electron chi connectivity index (χ1n) is 5.28. The van der Waals surface area contributed by atoms with Gasteiger partial charge in [-0.15, -0.1) is 0 Å². The van der Waals surface area contributed by atoms with Gasteiger partial charge in [-0.25, -0.2) is 8.42 Å². The molecule has 1 atom stereocenters. The third-order valence-corrected chi connectivity index (χ3v) is 3.47. The number of nitrogens with zero attached hydrogens (tertiary/aromatic N) is 2. The predicted molar refractivity (Wildman–Crippen MR) is 65.9 cm³/mol. The third-order valence-electron chi connectivity index (χ3n) is 2.49. The zero-order valence-corrected chi connectivity index (χ0v) is 11.1. The molecule has 0 spiro atoms. The highest BCUT2D eigenvalue weighted by molar-refractivity contribution is 7.90. The summed E-state index contributed by atoms with van der Waals surface area (Å²) < 4.78 is 22.3. The molecule has 0 saturated carbocycles. The van der Waals surface area contributed by atoms with Crippen LogP contribution in [0.1, 0.15) is 29.4 Å². The van der Waals surface area contributed by atoms with E-state index in [0.717, 1.165) is 17.0 Å². The van der Waals surface area contributed by atoms with E-state index in [-0.39, 0.29) is 11.8 Å². The first-order chi connectivity index (χ1) is 7.83. The van der Waals surface area contributed by atoms with Crippen molar-refractivity contribution in [1.29, 1.82) is 0 Å². The van der Waals surface area contributed by atoms with Gasteiger partial charge in [0.25, 0.3) is 0 Å². The van der Waals surface area contributed by atoms with Gasteiger partial charge in [-0.2, -0.15) is 10.2 Å². The molecule has 0 aliphatic rings. The van der Waals surface area contributed by atoms with E-state index in [1.807, 2.05) is 19.9 Å². The lowest BCUT2D eigenvalue weighted by atomic mass is 10.0. The van der Waals surface area contributed by atoms with Crippen molar-refractivity contribution in [1.82, 2.24) is 15.6 Å². The van der Waals surface area contributed by atoms with E-state index in [1.54, 1.807) is 0 Å². The largest absolute Gasteiger partial charge is 0.271 e. The summed E-state index contributed by atoms with van der Waals surface area (Å²) in [6.07, 6.45) is 1.63. The lowest BCUT2D eigenvalue weighted by Crippen LogP contribution is -2.30. The maximum absolute atomic E-state index is 11.1. The summed E-state index contributed by atoms with van der Waals surface area (Å²) in [5.41, 5.74) is 5.06. The molecule has 1 unspecified atom stereocenters. The highest BCUT2D eigenvalue weighted by Gasteiger charge is 2.16. The van der Waals surface area contributed by atoms with Crippen molar-refractivity contribution >= 4 is 9.84 Å². The number of sulfone groups is 1. The highest BCUT2D eigenvalue weighted by atomic mass is 32.2. The quantitative estimate of drug-likeness (QED) is 0.571. The zero-order valence-electron chi connectivity index (χ0n) is 10.3. The Kier molecular flexibility index (Phi) is 4.55. The van der Waals surface area contributed by atoms with Crippen LogP contribution in [0.15, 0.2) is 6.07 Å². The molecule has 0 radical (unpaired) electrons. The molecule has 6 nitrogen and oxygen atoms in total. The number of hydrogen-bond acceptors (Lipinski definition) is 6. The predicted octanol–water partition coefficient (Wildman–Crippen LogP) is 0.0325. The fraction of sp³-hybridized carbons (Fsp3) is 0.600. The molecule has 0 saturated heterocycles. The van der Waals surface area contributed by atoms with Gasteiger partial charge in [0.15, 0.2) is 0 Å². The number of nitrogens with two attached hydrogens (primary N) is 1. The number of hydrazine groups is 1. The van der Waals surface area contributed by atoms with Crippen molar-refractivity contribution in [3.8, 4) is 0 Å². The number of rotatable bonds is 5. The Morgan fingerprint density at radius 2 is 2.06 bits per heavy atom. The van der Waals surface area contributed by atoms with Crippen molar-refractivity contribution in [3.63, 3.8) is 0 Å². The molecule has 7 heteroatoms. The Labute approximate surface area is 102 Å². The molecule has 0 aliphatic heterocycles. The molecule has 0 bridgehead atoms. The van der Waals surface area contributed by atoms with Gasteiger partial charge in [-0.1, -0.05) is 0 Å². The molecule has 0 aromatic carbocycles. The van der Waals surface area contributed by atoms with E-state index < -0.39 is 9.84 Å². The van der Waals surface area contributed by atoms with E-state index in [2.05, 4.69) is 15.6 Å². The van der Waals surface area contributed by atoms with Crippen LogP contribution in [0.3, 0.4) is 0 Å². The second-order valence-corrected chi connectivity index (χ2v) is 6.42.